The highest BCUT2D eigenvalue weighted by atomic mass is 16.5. The maximum Gasteiger partial charge on any atom is 0.334 e. The van der Waals surface area contributed by atoms with Crippen LogP contribution in [0.3, 0.4) is 0 Å². The van der Waals surface area contributed by atoms with E-state index in [4.69, 9.17) is 10.2 Å². The monoisotopic (exact) mass is 264 g/mol. The van der Waals surface area contributed by atoms with Gasteiger partial charge in [-0.2, -0.15) is 0 Å². The van der Waals surface area contributed by atoms with Crippen LogP contribution in [0.1, 0.15) is 40.0 Å². The van der Waals surface area contributed by atoms with Gasteiger partial charge in [0.25, 0.3) is 0 Å². The van der Waals surface area contributed by atoms with Crippen molar-refractivity contribution in [1.82, 2.24) is 0 Å². The van der Waals surface area contributed by atoms with Crippen LogP contribution in [0.4, 0.5) is 0 Å². The summed E-state index contributed by atoms with van der Waals surface area (Å²) >= 11 is 0. The Kier molecular flexibility index (Phi) is 14.9. The molecule has 0 heterocycles. The fourth-order valence-electron chi connectivity index (χ4n) is 0.960. The molecule has 0 aromatic heterocycles. The topological polar surface area (TPSA) is 93.1 Å². The van der Waals surface area contributed by atoms with E-state index in [9.17, 15) is 9.59 Å². The Hall–Kier alpha value is -1.14. The molecule has 0 radical (unpaired) electrons. The first kappa shape index (κ1) is 19.2. The minimum atomic E-state index is -0.921. The van der Waals surface area contributed by atoms with Gasteiger partial charge >= 0.3 is 11.9 Å². The molecule has 0 aliphatic heterocycles. The van der Waals surface area contributed by atoms with Crippen LogP contribution in [-0.2, 0) is 19.1 Å². The number of rotatable bonds is 7. The van der Waals surface area contributed by atoms with Gasteiger partial charge in [-0.1, -0.05) is 19.8 Å². The van der Waals surface area contributed by atoms with E-state index in [2.05, 4.69) is 9.47 Å². The number of ether oxygens (including phenoxy) is 2. The average Bonchev–Trinajstić information content (AvgIpc) is 2.37. The third-order valence-electron chi connectivity index (χ3n) is 1.82. The summed E-state index contributed by atoms with van der Waals surface area (Å²) in [4.78, 5) is 20.7. The van der Waals surface area contributed by atoms with Crippen LogP contribution in [0.2, 0.25) is 0 Å². The number of esters is 2. The SMILES string of the molecule is CCCCC(O)C(=O)OCC.CCOC(=O)CO. The molecule has 6 heteroatoms. The van der Waals surface area contributed by atoms with E-state index in [0.29, 0.717) is 19.6 Å². The van der Waals surface area contributed by atoms with E-state index in [1.807, 2.05) is 6.92 Å². The predicted molar refractivity (Wildman–Crippen MR) is 65.9 cm³/mol. The molecule has 0 aromatic rings. The van der Waals surface area contributed by atoms with E-state index in [-0.39, 0.29) is 0 Å². The normalized spacial score (nSPS) is 10.9. The molecule has 1 atom stereocenters. The molecule has 18 heavy (non-hydrogen) atoms. The zero-order chi connectivity index (χ0) is 14.4. The number of unbranched alkanes of at least 4 members (excludes halogenated alkanes) is 1. The van der Waals surface area contributed by atoms with Crippen molar-refractivity contribution in [2.75, 3.05) is 19.8 Å². The van der Waals surface area contributed by atoms with Crippen LogP contribution in [0.15, 0.2) is 0 Å². The summed E-state index contributed by atoms with van der Waals surface area (Å²) in [7, 11) is 0. The molecule has 0 spiro atoms. The van der Waals surface area contributed by atoms with Crippen LogP contribution in [0, 0.1) is 0 Å². The van der Waals surface area contributed by atoms with Crippen LogP contribution >= 0.6 is 0 Å². The number of hydrogen-bond acceptors (Lipinski definition) is 6. The van der Waals surface area contributed by atoms with Crippen molar-refractivity contribution < 1.29 is 29.3 Å². The first-order chi connectivity index (χ1) is 8.53. The fourth-order valence-corrected chi connectivity index (χ4v) is 0.960. The molecular formula is C12H24O6. The summed E-state index contributed by atoms with van der Waals surface area (Å²) in [5, 5.41) is 17.1. The summed E-state index contributed by atoms with van der Waals surface area (Å²) in [5.41, 5.74) is 0. The van der Waals surface area contributed by atoms with E-state index >= 15 is 0 Å². The lowest BCUT2D eigenvalue weighted by Crippen LogP contribution is -2.22. The second-order valence-corrected chi connectivity index (χ2v) is 3.37. The largest absolute Gasteiger partial charge is 0.464 e. The minimum absolute atomic E-state index is 0.333. The Morgan fingerprint density at radius 1 is 1.11 bits per heavy atom. The highest BCUT2D eigenvalue weighted by Gasteiger charge is 2.14. The van der Waals surface area contributed by atoms with E-state index in [1.165, 1.54) is 0 Å². The van der Waals surface area contributed by atoms with Gasteiger partial charge in [-0.3, -0.25) is 0 Å². The van der Waals surface area contributed by atoms with E-state index in [1.54, 1.807) is 13.8 Å². The van der Waals surface area contributed by atoms with Crippen LogP contribution < -0.4 is 0 Å². The van der Waals surface area contributed by atoms with Crippen molar-refractivity contribution in [3.8, 4) is 0 Å². The molecule has 0 bridgehead atoms. The van der Waals surface area contributed by atoms with Crippen molar-refractivity contribution in [2.24, 2.45) is 0 Å². The second-order valence-electron chi connectivity index (χ2n) is 3.37. The Labute approximate surface area is 108 Å². The summed E-state index contributed by atoms with van der Waals surface area (Å²) in [5.74, 6) is -1.07. The molecule has 0 amide bonds. The molecule has 6 nitrogen and oxygen atoms in total. The van der Waals surface area contributed by atoms with Gasteiger partial charge in [0.2, 0.25) is 0 Å². The lowest BCUT2D eigenvalue weighted by molar-refractivity contribution is -0.153. The van der Waals surface area contributed by atoms with Gasteiger partial charge in [-0.25, -0.2) is 9.59 Å². The lowest BCUT2D eigenvalue weighted by Gasteiger charge is -2.07. The third kappa shape index (κ3) is 12.9. The van der Waals surface area contributed by atoms with Crippen molar-refractivity contribution >= 4 is 11.9 Å². The molecule has 0 rings (SSSR count). The summed E-state index contributed by atoms with van der Waals surface area (Å²) in [6, 6.07) is 0. The maximum atomic E-state index is 10.8. The predicted octanol–water partition coefficient (Wildman–Crippen LogP) is 0.642. The number of carbonyl (C=O) groups excluding carboxylic acids is 2. The summed E-state index contributed by atoms with van der Waals surface area (Å²) in [6.07, 6.45) is 1.43. The first-order valence-electron chi connectivity index (χ1n) is 6.14. The fraction of sp³-hybridized carbons (Fsp3) is 0.833. The molecule has 0 aliphatic carbocycles. The Balaban J connectivity index is 0. The van der Waals surface area contributed by atoms with Crippen molar-refractivity contribution in [2.45, 2.75) is 46.1 Å². The highest BCUT2D eigenvalue weighted by molar-refractivity contribution is 5.74. The molecule has 0 fully saturated rings. The summed E-state index contributed by atoms with van der Waals surface area (Å²) < 4.78 is 8.91. The van der Waals surface area contributed by atoms with Crippen LogP contribution in [0.5, 0.6) is 0 Å². The highest BCUT2D eigenvalue weighted by Crippen LogP contribution is 2.01. The second kappa shape index (κ2) is 13.9. The minimum Gasteiger partial charge on any atom is -0.464 e. The van der Waals surface area contributed by atoms with Crippen LogP contribution in [0.25, 0.3) is 0 Å². The van der Waals surface area contributed by atoms with Gasteiger partial charge in [-0.05, 0) is 20.3 Å². The zero-order valence-electron chi connectivity index (χ0n) is 11.3. The molecule has 0 aliphatic rings. The van der Waals surface area contributed by atoms with Crippen LogP contribution in [-0.4, -0.2) is 48.1 Å². The van der Waals surface area contributed by atoms with E-state index < -0.39 is 24.6 Å². The number of hydrogen-bond donors (Lipinski definition) is 2. The molecule has 2 N–H and O–H groups in total. The number of carbonyl (C=O) groups is 2. The molecule has 0 saturated heterocycles. The maximum absolute atomic E-state index is 10.8. The third-order valence-corrected chi connectivity index (χ3v) is 1.82. The summed E-state index contributed by atoms with van der Waals surface area (Å²) in [6.45, 7) is 5.57. The van der Waals surface area contributed by atoms with Crippen molar-refractivity contribution in [1.29, 1.82) is 0 Å². The molecule has 0 saturated carbocycles. The van der Waals surface area contributed by atoms with E-state index in [0.717, 1.165) is 12.8 Å². The quantitative estimate of drug-likeness (QED) is 0.656. The zero-order valence-corrected chi connectivity index (χ0v) is 11.3. The molecule has 108 valence electrons. The Morgan fingerprint density at radius 2 is 1.67 bits per heavy atom. The molecule has 0 aromatic carbocycles. The van der Waals surface area contributed by atoms with Gasteiger partial charge in [0.15, 0.2) is 6.10 Å². The average molecular weight is 264 g/mol. The van der Waals surface area contributed by atoms with Gasteiger partial charge < -0.3 is 19.7 Å². The van der Waals surface area contributed by atoms with Gasteiger partial charge in [-0.15, -0.1) is 0 Å². The standard InChI is InChI=1S/C8H16O3.C4H8O3/c1-3-5-6-7(9)8(10)11-4-2;1-2-7-4(6)3-5/h7,9H,3-6H2,1-2H3;5H,2-3H2,1H3. The smallest absolute Gasteiger partial charge is 0.334 e. The number of aliphatic hydroxyl groups is 2. The lowest BCUT2D eigenvalue weighted by atomic mass is 10.2. The first-order valence-corrected chi connectivity index (χ1v) is 6.14. The van der Waals surface area contributed by atoms with Gasteiger partial charge in [0.05, 0.1) is 13.2 Å². The van der Waals surface area contributed by atoms with Crippen molar-refractivity contribution in [3.63, 3.8) is 0 Å². The van der Waals surface area contributed by atoms with Gasteiger partial charge in [0.1, 0.15) is 6.61 Å². The Bertz CT molecular complexity index is 217. The Morgan fingerprint density at radius 3 is 2.00 bits per heavy atom. The molecular weight excluding hydrogens is 240 g/mol. The molecule has 1 unspecified atom stereocenters. The van der Waals surface area contributed by atoms with Crippen molar-refractivity contribution in [3.05, 3.63) is 0 Å². The van der Waals surface area contributed by atoms with Gasteiger partial charge in [0, 0.05) is 0 Å². The number of aliphatic hydroxyl groups excluding tert-OH is 2.